The second-order valence-electron chi connectivity index (χ2n) is 5.12. The smallest absolute Gasteiger partial charge is 0.197 e. The van der Waals surface area contributed by atoms with E-state index in [2.05, 4.69) is 10.1 Å². The SMILES string of the molecule is C[C@@]1(F)[C@H](O)[C@@H](CO)O[C@@]1(I)c1ccc2c(N)ncnn12. The van der Waals surface area contributed by atoms with Crippen molar-refractivity contribution >= 4 is 33.9 Å². The summed E-state index contributed by atoms with van der Waals surface area (Å²) in [5.41, 5.74) is 4.55. The van der Waals surface area contributed by atoms with Crippen LogP contribution in [0.25, 0.3) is 5.52 Å². The van der Waals surface area contributed by atoms with Gasteiger partial charge in [-0.1, -0.05) is 0 Å². The van der Waals surface area contributed by atoms with Gasteiger partial charge in [0.25, 0.3) is 0 Å². The van der Waals surface area contributed by atoms with Gasteiger partial charge in [0.2, 0.25) is 0 Å². The molecule has 1 aliphatic heterocycles. The van der Waals surface area contributed by atoms with Gasteiger partial charge in [-0.2, -0.15) is 5.10 Å². The fraction of sp³-hybridized carbons (Fsp3) is 0.500. The zero-order valence-corrected chi connectivity index (χ0v) is 13.2. The van der Waals surface area contributed by atoms with Crippen molar-refractivity contribution in [3.8, 4) is 0 Å². The first kappa shape index (κ1) is 14.9. The molecule has 0 radical (unpaired) electrons. The summed E-state index contributed by atoms with van der Waals surface area (Å²) in [6.07, 6.45) is -1.21. The van der Waals surface area contributed by atoms with E-state index in [1.54, 1.807) is 34.7 Å². The number of anilines is 1. The molecule has 21 heavy (non-hydrogen) atoms. The lowest BCUT2D eigenvalue weighted by molar-refractivity contribution is -0.0351. The topological polar surface area (TPSA) is 106 Å². The van der Waals surface area contributed by atoms with E-state index in [-0.39, 0.29) is 5.82 Å². The number of nitrogen functional groups attached to an aromatic ring is 1. The second-order valence-corrected chi connectivity index (χ2v) is 6.63. The highest BCUT2D eigenvalue weighted by Gasteiger charge is 2.64. The second kappa shape index (κ2) is 4.73. The highest BCUT2D eigenvalue weighted by molar-refractivity contribution is 14.1. The minimum Gasteiger partial charge on any atom is -0.394 e. The molecule has 2 aromatic heterocycles. The van der Waals surface area contributed by atoms with Crippen LogP contribution >= 0.6 is 22.6 Å². The first-order valence-electron chi connectivity index (χ1n) is 6.26. The van der Waals surface area contributed by atoms with Gasteiger partial charge in [0.1, 0.15) is 24.1 Å². The Morgan fingerprint density at radius 1 is 1.57 bits per heavy atom. The number of hydrogen-bond acceptors (Lipinski definition) is 6. The van der Waals surface area contributed by atoms with E-state index in [1.807, 2.05) is 0 Å². The van der Waals surface area contributed by atoms with Crippen molar-refractivity contribution in [1.29, 1.82) is 0 Å². The number of aliphatic hydroxyl groups excluding tert-OH is 2. The molecular formula is C12H14FIN4O3. The maximum absolute atomic E-state index is 15.1. The van der Waals surface area contributed by atoms with Crippen molar-refractivity contribution < 1.29 is 19.3 Å². The van der Waals surface area contributed by atoms with Crippen LogP contribution in [0.2, 0.25) is 0 Å². The molecule has 7 nitrogen and oxygen atoms in total. The summed E-state index contributed by atoms with van der Waals surface area (Å²) in [5.74, 6) is 0.258. The van der Waals surface area contributed by atoms with Gasteiger partial charge in [-0.25, -0.2) is 13.9 Å². The number of hydrogen-bond donors (Lipinski definition) is 3. The third kappa shape index (κ3) is 1.87. The molecule has 4 atom stereocenters. The van der Waals surface area contributed by atoms with Crippen LogP contribution < -0.4 is 5.73 Å². The van der Waals surface area contributed by atoms with Crippen LogP contribution in [0.3, 0.4) is 0 Å². The van der Waals surface area contributed by atoms with Crippen molar-refractivity contribution in [2.24, 2.45) is 0 Å². The fourth-order valence-corrected chi connectivity index (χ4v) is 3.63. The van der Waals surface area contributed by atoms with Gasteiger partial charge in [-0.15, -0.1) is 0 Å². The first-order chi connectivity index (χ1) is 9.83. The van der Waals surface area contributed by atoms with E-state index in [0.717, 1.165) is 0 Å². The predicted molar refractivity (Wildman–Crippen MR) is 80.6 cm³/mol. The third-order valence-electron chi connectivity index (χ3n) is 3.84. The van der Waals surface area contributed by atoms with E-state index in [0.29, 0.717) is 11.2 Å². The van der Waals surface area contributed by atoms with Crippen molar-refractivity contribution in [2.75, 3.05) is 12.3 Å². The molecule has 0 aliphatic carbocycles. The number of halogens is 2. The summed E-state index contributed by atoms with van der Waals surface area (Å²) < 4.78 is 20.6. The van der Waals surface area contributed by atoms with Crippen LogP contribution in [0.15, 0.2) is 18.5 Å². The van der Waals surface area contributed by atoms with E-state index >= 15 is 4.39 Å². The van der Waals surface area contributed by atoms with E-state index in [9.17, 15) is 10.2 Å². The molecule has 0 unspecified atom stereocenters. The Balaban J connectivity index is 2.19. The molecule has 1 aliphatic rings. The van der Waals surface area contributed by atoms with Crippen LogP contribution in [0.4, 0.5) is 10.2 Å². The molecule has 3 rings (SSSR count). The van der Waals surface area contributed by atoms with Crippen molar-refractivity contribution in [1.82, 2.24) is 14.6 Å². The molecule has 0 spiro atoms. The quantitative estimate of drug-likeness (QED) is 0.490. The number of alkyl halides is 2. The molecule has 0 bridgehead atoms. The van der Waals surface area contributed by atoms with E-state index < -0.39 is 28.1 Å². The first-order valence-corrected chi connectivity index (χ1v) is 7.34. The summed E-state index contributed by atoms with van der Waals surface area (Å²) >= 11 is 1.79. The normalized spacial score (nSPS) is 36.4. The van der Waals surface area contributed by atoms with Crippen LogP contribution in [0, 0.1) is 0 Å². The van der Waals surface area contributed by atoms with Gasteiger partial charge in [0, 0.05) is 0 Å². The predicted octanol–water partition coefficient (Wildman–Crippen LogP) is 0.379. The van der Waals surface area contributed by atoms with Gasteiger partial charge in [0.05, 0.1) is 12.3 Å². The Labute approximate surface area is 133 Å². The Morgan fingerprint density at radius 3 is 2.90 bits per heavy atom. The van der Waals surface area contributed by atoms with E-state index in [1.165, 1.54) is 17.8 Å². The zero-order chi connectivity index (χ0) is 15.4. The molecule has 9 heteroatoms. The molecule has 1 saturated heterocycles. The molecule has 114 valence electrons. The highest BCUT2D eigenvalue weighted by atomic mass is 127. The summed E-state index contributed by atoms with van der Waals surface area (Å²) in [6.45, 7) is 0.759. The summed E-state index contributed by atoms with van der Waals surface area (Å²) in [7, 11) is 0. The lowest BCUT2D eigenvalue weighted by atomic mass is 9.93. The average molecular weight is 408 g/mol. The number of fused-ring (bicyclic) bond motifs is 1. The highest BCUT2D eigenvalue weighted by Crippen LogP contribution is 2.54. The van der Waals surface area contributed by atoms with Crippen LogP contribution in [0.1, 0.15) is 12.6 Å². The summed E-state index contributed by atoms with van der Waals surface area (Å²) in [5, 5.41) is 23.4. The fourth-order valence-electron chi connectivity index (χ4n) is 2.57. The van der Waals surface area contributed by atoms with Crippen LogP contribution in [0.5, 0.6) is 0 Å². The number of rotatable bonds is 2. The minimum atomic E-state index is -2.12. The lowest BCUT2D eigenvalue weighted by Crippen LogP contribution is -2.45. The maximum atomic E-state index is 15.1. The van der Waals surface area contributed by atoms with Gasteiger partial charge in [-0.3, -0.25) is 0 Å². The van der Waals surface area contributed by atoms with Crippen LogP contribution in [-0.2, 0) is 8.34 Å². The lowest BCUT2D eigenvalue weighted by Gasteiger charge is -2.31. The molecule has 4 N–H and O–H groups in total. The number of aromatic nitrogens is 3. The van der Waals surface area contributed by atoms with Gasteiger partial charge in [0.15, 0.2) is 15.1 Å². The van der Waals surface area contributed by atoms with Gasteiger partial charge >= 0.3 is 0 Å². The number of ether oxygens (including phenoxy) is 1. The molecule has 0 saturated carbocycles. The molecule has 1 fully saturated rings. The summed E-state index contributed by atoms with van der Waals surface area (Å²) in [4.78, 5) is 3.87. The average Bonchev–Trinajstić information content (AvgIpc) is 2.95. The molecule has 0 amide bonds. The van der Waals surface area contributed by atoms with Gasteiger partial charge < -0.3 is 20.7 Å². The largest absolute Gasteiger partial charge is 0.394 e. The molecule has 3 heterocycles. The molecule has 2 aromatic rings. The minimum absolute atomic E-state index is 0.258. The van der Waals surface area contributed by atoms with Gasteiger partial charge in [-0.05, 0) is 41.6 Å². The van der Waals surface area contributed by atoms with Crippen LogP contribution in [-0.4, -0.2) is 49.3 Å². The Kier molecular flexibility index (Phi) is 3.35. The van der Waals surface area contributed by atoms with Crippen molar-refractivity contribution in [3.63, 3.8) is 0 Å². The molecular weight excluding hydrogens is 394 g/mol. The number of nitrogens with two attached hydrogens (primary N) is 1. The molecule has 0 aromatic carbocycles. The Hall–Kier alpha value is -1.04. The summed E-state index contributed by atoms with van der Waals surface area (Å²) in [6, 6.07) is 3.28. The van der Waals surface area contributed by atoms with Crippen molar-refractivity contribution in [2.45, 2.75) is 28.4 Å². The Bertz CT molecular complexity index is 694. The monoisotopic (exact) mass is 408 g/mol. The number of aliphatic hydroxyl groups is 2. The number of nitrogens with zero attached hydrogens (tertiary/aromatic N) is 3. The third-order valence-corrected chi connectivity index (χ3v) is 5.70. The zero-order valence-electron chi connectivity index (χ0n) is 11.1. The Morgan fingerprint density at radius 2 is 2.29 bits per heavy atom. The maximum Gasteiger partial charge on any atom is 0.197 e. The van der Waals surface area contributed by atoms with E-state index in [4.69, 9.17) is 10.5 Å². The standard InChI is InChI=1S/C12H14FIN4O3/c1-11(13)9(20)7(4-19)21-12(11,14)8-3-2-6-10(15)16-5-17-18(6)8/h2-3,5,7,9,19-20H,4H2,1H3,(H2,15,16,17)/t7-,9-,11-,12+/m1/s1. The van der Waals surface area contributed by atoms with Crippen molar-refractivity contribution in [3.05, 3.63) is 24.2 Å².